The SMILES string of the molecule is N#Cc1ccc2c(n1)OC1(C2)CN2CCC1CC2. The molecular formula is C14H15N3O. The summed E-state index contributed by atoms with van der Waals surface area (Å²) in [5.74, 6) is 1.35. The van der Waals surface area contributed by atoms with Gasteiger partial charge < -0.3 is 4.74 Å². The Balaban J connectivity index is 1.70. The molecule has 0 radical (unpaired) electrons. The Morgan fingerprint density at radius 1 is 1.39 bits per heavy atom. The first-order valence-corrected chi connectivity index (χ1v) is 6.60. The maximum atomic E-state index is 8.90. The van der Waals surface area contributed by atoms with Crippen LogP contribution in [0.15, 0.2) is 12.1 Å². The van der Waals surface area contributed by atoms with Crippen LogP contribution in [0.25, 0.3) is 0 Å². The summed E-state index contributed by atoms with van der Waals surface area (Å²) in [7, 11) is 0. The topological polar surface area (TPSA) is 49.1 Å². The first-order valence-electron chi connectivity index (χ1n) is 6.60. The summed E-state index contributed by atoms with van der Waals surface area (Å²) in [5, 5.41) is 8.90. The highest BCUT2D eigenvalue weighted by Gasteiger charge is 2.52. The molecule has 0 aliphatic carbocycles. The van der Waals surface area contributed by atoms with Gasteiger partial charge in [0.05, 0.1) is 0 Å². The first-order chi connectivity index (χ1) is 8.79. The van der Waals surface area contributed by atoms with Crippen LogP contribution < -0.4 is 4.74 Å². The summed E-state index contributed by atoms with van der Waals surface area (Å²) in [6.45, 7) is 3.45. The lowest BCUT2D eigenvalue weighted by Crippen LogP contribution is -2.61. The molecule has 0 aromatic carbocycles. The number of nitrogens with zero attached hydrogens (tertiary/aromatic N) is 3. The molecule has 5 rings (SSSR count). The Kier molecular flexibility index (Phi) is 1.98. The minimum Gasteiger partial charge on any atom is -0.469 e. The van der Waals surface area contributed by atoms with Gasteiger partial charge in [-0.2, -0.15) is 5.26 Å². The summed E-state index contributed by atoms with van der Waals surface area (Å²) in [4.78, 5) is 6.80. The van der Waals surface area contributed by atoms with E-state index < -0.39 is 0 Å². The average Bonchev–Trinajstić information content (AvgIpc) is 2.76. The van der Waals surface area contributed by atoms with Crippen LogP contribution in [0.4, 0.5) is 0 Å². The third-order valence-electron chi connectivity index (χ3n) is 4.67. The minimum absolute atomic E-state index is 0.0556. The van der Waals surface area contributed by atoms with E-state index in [-0.39, 0.29) is 5.60 Å². The van der Waals surface area contributed by atoms with Crippen LogP contribution in [-0.4, -0.2) is 35.1 Å². The largest absolute Gasteiger partial charge is 0.469 e. The van der Waals surface area contributed by atoms with E-state index in [2.05, 4.69) is 16.0 Å². The van der Waals surface area contributed by atoms with E-state index in [1.54, 1.807) is 6.07 Å². The molecule has 18 heavy (non-hydrogen) atoms. The monoisotopic (exact) mass is 241 g/mol. The molecule has 0 saturated carbocycles. The molecule has 0 amide bonds. The number of hydrogen-bond donors (Lipinski definition) is 0. The molecule has 1 atom stereocenters. The van der Waals surface area contributed by atoms with Crippen LogP contribution in [0, 0.1) is 17.2 Å². The van der Waals surface area contributed by atoms with Gasteiger partial charge in [-0.1, -0.05) is 6.07 Å². The van der Waals surface area contributed by atoms with Gasteiger partial charge in [0.15, 0.2) is 0 Å². The summed E-state index contributed by atoms with van der Waals surface area (Å²) < 4.78 is 6.21. The molecule has 0 N–H and O–H groups in total. The quantitative estimate of drug-likeness (QED) is 0.688. The molecule has 92 valence electrons. The Bertz CT molecular complexity index is 542. The molecule has 4 aliphatic heterocycles. The van der Waals surface area contributed by atoms with Crippen LogP contribution in [0.3, 0.4) is 0 Å². The normalized spacial score (nSPS) is 36.2. The lowest BCUT2D eigenvalue weighted by atomic mass is 9.73. The summed E-state index contributed by atoms with van der Waals surface area (Å²) in [5.41, 5.74) is 1.56. The molecule has 4 nitrogen and oxygen atoms in total. The van der Waals surface area contributed by atoms with Crippen molar-refractivity contribution in [1.82, 2.24) is 9.88 Å². The van der Waals surface area contributed by atoms with E-state index in [9.17, 15) is 0 Å². The van der Waals surface area contributed by atoms with Crippen molar-refractivity contribution in [1.29, 1.82) is 5.26 Å². The van der Waals surface area contributed by atoms with E-state index in [0.717, 1.165) is 13.0 Å². The van der Waals surface area contributed by atoms with Crippen molar-refractivity contribution >= 4 is 0 Å². The van der Waals surface area contributed by atoms with Gasteiger partial charge in [-0.15, -0.1) is 0 Å². The lowest BCUT2D eigenvalue weighted by molar-refractivity contribution is -0.0814. The number of hydrogen-bond acceptors (Lipinski definition) is 4. The number of aromatic nitrogens is 1. The fraction of sp³-hybridized carbons (Fsp3) is 0.571. The standard InChI is InChI=1S/C14H15N3O/c15-8-12-2-1-10-7-14(18-13(10)16-12)9-17-5-3-11(14)4-6-17/h1-2,11H,3-7,9H2. The molecule has 3 fully saturated rings. The van der Waals surface area contributed by atoms with Gasteiger partial charge in [-0.25, -0.2) is 4.98 Å². The van der Waals surface area contributed by atoms with Crippen molar-refractivity contribution in [3.05, 3.63) is 23.4 Å². The fourth-order valence-electron chi connectivity index (χ4n) is 3.75. The van der Waals surface area contributed by atoms with Crippen molar-refractivity contribution in [3.63, 3.8) is 0 Å². The molecule has 2 bridgehead atoms. The zero-order chi connectivity index (χ0) is 12.2. The van der Waals surface area contributed by atoms with Crippen molar-refractivity contribution < 1.29 is 4.74 Å². The van der Waals surface area contributed by atoms with Gasteiger partial charge in [0, 0.05) is 24.4 Å². The Morgan fingerprint density at radius 2 is 2.22 bits per heavy atom. The van der Waals surface area contributed by atoms with Gasteiger partial charge in [0.1, 0.15) is 17.4 Å². The predicted molar refractivity (Wildman–Crippen MR) is 65.2 cm³/mol. The number of pyridine rings is 1. The molecule has 1 spiro atoms. The highest BCUT2D eigenvalue weighted by atomic mass is 16.5. The third kappa shape index (κ3) is 1.31. The van der Waals surface area contributed by atoms with E-state index in [1.807, 2.05) is 6.07 Å². The number of nitriles is 1. The Morgan fingerprint density at radius 3 is 2.89 bits per heavy atom. The fourth-order valence-corrected chi connectivity index (χ4v) is 3.75. The van der Waals surface area contributed by atoms with Gasteiger partial charge >= 0.3 is 0 Å². The Hall–Kier alpha value is -1.60. The Labute approximate surface area is 106 Å². The maximum Gasteiger partial charge on any atom is 0.218 e. The van der Waals surface area contributed by atoms with E-state index in [0.29, 0.717) is 17.5 Å². The van der Waals surface area contributed by atoms with Crippen LogP contribution in [-0.2, 0) is 6.42 Å². The molecule has 3 saturated heterocycles. The van der Waals surface area contributed by atoms with Gasteiger partial charge in [0.25, 0.3) is 0 Å². The summed E-state index contributed by atoms with van der Waals surface area (Å²) >= 11 is 0. The second-order valence-corrected chi connectivity index (χ2v) is 5.67. The molecule has 4 heteroatoms. The zero-order valence-corrected chi connectivity index (χ0v) is 10.2. The van der Waals surface area contributed by atoms with E-state index in [4.69, 9.17) is 10.00 Å². The first kappa shape index (κ1) is 10.3. The number of rotatable bonds is 0. The lowest BCUT2D eigenvalue weighted by Gasteiger charge is -2.50. The van der Waals surface area contributed by atoms with Crippen LogP contribution >= 0.6 is 0 Å². The van der Waals surface area contributed by atoms with E-state index in [1.165, 1.54) is 31.5 Å². The van der Waals surface area contributed by atoms with Crippen LogP contribution in [0.5, 0.6) is 5.88 Å². The molecule has 1 unspecified atom stereocenters. The second-order valence-electron chi connectivity index (χ2n) is 5.67. The smallest absolute Gasteiger partial charge is 0.218 e. The highest BCUT2D eigenvalue weighted by molar-refractivity contribution is 5.38. The van der Waals surface area contributed by atoms with Crippen LogP contribution in [0.2, 0.25) is 0 Å². The van der Waals surface area contributed by atoms with Crippen molar-refractivity contribution in [2.75, 3.05) is 19.6 Å². The predicted octanol–water partition coefficient (Wildman–Crippen LogP) is 1.35. The maximum absolute atomic E-state index is 8.90. The van der Waals surface area contributed by atoms with Crippen LogP contribution in [0.1, 0.15) is 24.1 Å². The number of ether oxygens (including phenoxy) is 1. The second kappa shape index (κ2) is 3.46. The number of fused-ring (bicyclic) bond motifs is 3. The van der Waals surface area contributed by atoms with Gasteiger partial charge in [0.2, 0.25) is 5.88 Å². The molecule has 4 aliphatic rings. The molecule has 1 aromatic rings. The zero-order valence-electron chi connectivity index (χ0n) is 10.2. The average molecular weight is 241 g/mol. The van der Waals surface area contributed by atoms with Crippen molar-refractivity contribution in [3.8, 4) is 11.9 Å². The van der Waals surface area contributed by atoms with Crippen molar-refractivity contribution in [2.24, 2.45) is 5.92 Å². The van der Waals surface area contributed by atoms with Gasteiger partial charge in [-0.05, 0) is 32.0 Å². The molecular weight excluding hydrogens is 226 g/mol. The third-order valence-corrected chi connectivity index (χ3v) is 4.67. The summed E-state index contributed by atoms with van der Waals surface area (Å²) in [6.07, 6.45) is 3.43. The number of piperidine rings is 3. The molecule has 5 heterocycles. The minimum atomic E-state index is -0.0556. The van der Waals surface area contributed by atoms with E-state index >= 15 is 0 Å². The summed E-state index contributed by atoms with van der Waals surface area (Å²) in [6, 6.07) is 5.88. The van der Waals surface area contributed by atoms with Gasteiger partial charge in [-0.3, -0.25) is 4.90 Å². The highest BCUT2D eigenvalue weighted by Crippen LogP contribution is 2.45. The molecule has 1 aromatic heterocycles. The van der Waals surface area contributed by atoms with Crippen molar-refractivity contribution in [2.45, 2.75) is 24.9 Å².